The van der Waals surface area contributed by atoms with Crippen molar-refractivity contribution >= 4 is 5.69 Å². The molecule has 20 heavy (non-hydrogen) atoms. The second kappa shape index (κ2) is 6.59. The van der Waals surface area contributed by atoms with Gasteiger partial charge in [0.25, 0.3) is 0 Å². The van der Waals surface area contributed by atoms with Crippen molar-refractivity contribution in [1.82, 2.24) is 9.80 Å². The second-order valence-corrected chi connectivity index (χ2v) is 6.45. The molecular weight excluding hydrogens is 246 g/mol. The van der Waals surface area contributed by atoms with Crippen LogP contribution in [-0.2, 0) is 0 Å². The van der Waals surface area contributed by atoms with E-state index in [0.717, 1.165) is 13.1 Å². The molecule has 0 saturated heterocycles. The number of aryl methyl sites for hydroxylation is 1. The van der Waals surface area contributed by atoms with Gasteiger partial charge in [-0.25, -0.2) is 0 Å². The lowest BCUT2D eigenvalue weighted by atomic mass is 9.75. The monoisotopic (exact) mass is 275 g/mol. The molecule has 0 amide bonds. The Labute approximate surface area is 124 Å². The van der Waals surface area contributed by atoms with Gasteiger partial charge in [0.05, 0.1) is 0 Å². The van der Waals surface area contributed by atoms with Crippen LogP contribution in [0, 0.1) is 6.92 Å². The lowest BCUT2D eigenvalue weighted by Crippen LogP contribution is -2.57. The molecule has 1 aliphatic rings. The van der Waals surface area contributed by atoms with Gasteiger partial charge in [-0.2, -0.15) is 0 Å². The molecule has 0 bridgehead atoms. The molecule has 1 aromatic carbocycles. The molecule has 1 fully saturated rings. The number of likely N-dealkylation sites (N-methyl/N-ethyl adjacent to an activating group) is 2. The van der Waals surface area contributed by atoms with Crippen molar-refractivity contribution in [2.24, 2.45) is 0 Å². The average molecular weight is 275 g/mol. The maximum absolute atomic E-state index is 3.54. The van der Waals surface area contributed by atoms with Crippen LogP contribution in [0.2, 0.25) is 0 Å². The highest BCUT2D eigenvalue weighted by Gasteiger charge is 2.39. The lowest BCUT2D eigenvalue weighted by molar-refractivity contribution is 0.0289. The Hall–Kier alpha value is -1.06. The summed E-state index contributed by atoms with van der Waals surface area (Å²) < 4.78 is 0. The summed E-state index contributed by atoms with van der Waals surface area (Å²) in [5.41, 5.74) is 3.00. The van der Waals surface area contributed by atoms with Crippen molar-refractivity contribution in [2.45, 2.75) is 31.7 Å². The van der Waals surface area contributed by atoms with Gasteiger partial charge in [-0.05, 0) is 59.0 Å². The van der Waals surface area contributed by atoms with Crippen LogP contribution in [0.1, 0.15) is 24.8 Å². The normalized spacial score (nSPS) is 17.3. The van der Waals surface area contributed by atoms with Crippen LogP contribution >= 0.6 is 0 Å². The molecule has 0 radical (unpaired) electrons. The van der Waals surface area contributed by atoms with E-state index in [9.17, 15) is 0 Å². The van der Waals surface area contributed by atoms with E-state index >= 15 is 0 Å². The molecule has 1 aromatic rings. The minimum absolute atomic E-state index is 0.428. The number of para-hydroxylation sites is 1. The first kappa shape index (κ1) is 15.3. The average Bonchev–Trinajstić information content (AvgIpc) is 2.36. The Kier molecular flexibility index (Phi) is 5.06. The Morgan fingerprint density at radius 2 is 1.85 bits per heavy atom. The molecule has 3 nitrogen and oxygen atoms in total. The molecular formula is C17H29N3. The topological polar surface area (TPSA) is 18.5 Å². The first-order chi connectivity index (χ1) is 9.53. The maximum Gasteiger partial charge on any atom is 0.0370 e. The van der Waals surface area contributed by atoms with Crippen LogP contribution in [-0.4, -0.2) is 56.1 Å². The van der Waals surface area contributed by atoms with Gasteiger partial charge >= 0.3 is 0 Å². The number of nitrogens with zero attached hydrogens (tertiary/aromatic N) is 2. The van der Waals surface area contributed by atoms with Crippen molar-refractivity contribution in [3.05, 3.63) is 29.8 Å². The highest BCUT2D eigenvalue weighted by atomic mass is 15.2. The van der Waals surface area contributed by atoms with Gasteiger partial charge in [-0.15, -0.1) is 0 Å². The number of benzene rings is 1. The molecule has 0 atom stereocenters. The summed E-state index contributed by atoms with van der Waals surface area (Å²) >= 11 is 0. The van der Waals surface area contributed by atoms with Crippen LogP contribution < -0.4 is 5.32 Å². The van der Waals surface area contributed by atoms with E-state index in [2.05, 4.69) is 67.4 Å². The summed E-state index contributed by atoms with van der Waals surface area (Å²) in [6.45, 7) is 5.42. The van der Waals surface area contributed by atoms with E-state index in [1.54, 1.807) is 0 Å². The van der Waals surface area contributed by atoms with E-state index in [4.69, 9.17) is 0 Å². The number of hydrogen-bond acceptors (Lipinski definition) is 3. The van der Waals surface area contributed by atoms with E-state index in [-0.39, 0.29) is 0 Å². The first-order valence-electron chi connectivity index (χ1n) is 7.69. The molecule has 2 rings (SSSR count). The molecule has 1 N–H and O–H groups in total. The van der Waals surface area contributed by atoms with Crippen molar-refractivity contribution in [3.63, 3.8) is 0 Å². The van der Waals surface area contributed by atoms with Gasteiger partial charge in [0.2, 0.25) is 0 Å². The Morgan fingerprint density at radius 1 is 1.15 bits per heavy atom. The Balaban J connectivity index is 1.75. The summed E-state index contributed by atoms with van der Waals surface area (Å²) in [5.74, 6) is 0. The van der Waals surface area contributed by atoms with Crippen LogP contribution in [0.4, 0.5) is 5.69 Å². The minimum atomic E-state index is 0.428. The predicted molar refractivity (Wildman–Crippen MR) is 87.4 cm³/mol. The predicted octanol–water partition coefficient (Wildman–Crippen LogP) is 2.82. The number of anilines is 1. The summed E-state index contributed by atoms with van der Waals surface area (Å²) in [6.07, 6.45) is 4.07. The molecule has 0 spiro atoms. The molecule has 0 unspecified atom stereocenters. The molecule has 1 saturated carbocycles. The lowest BCUT2D eigenvalue weighted by Gasteiger charge is -2.49. The summed E-state index contributed by atoms with van der Waals surface area (Å²) in [6, 6.07) is 8.49. The summed E-state index contributed by atoms with van der Waals surface area (Å²) in [7, 11) is 6.68. The van der Waals surface area contributed by atoms with Crippen LogP contribution in [0.15, 0.2) is 24.3 Å². The zero-order chi connectivity index (χ0) is 14.6. The maximum atomic E-state index is 3.54. The van der Waals surface area contributed by atoms with Crippen LogP contribution in [0.3, 0.4) is 0 Å². The van der Waals surface area contributed by atoms with E-state index in [0.29, 0.717) is 5.54 Å². The Bertz CT molecular complexity index is 424. The molecule has 0 heterocycles. The van der Waals surface area contributed by atoms with Crippen LogP contribution in [0.25, 0.3) is 0 Å². The fourth-order valence-electron chi connectivity index (χ4n) is 3.07. The quantitative estimate of drug-likeness (QED) is 0.825. The second-order valence-electron chi connectivity index (χ2n) is 6.45. The van der Waals surface area contributed by atoms with Gasteiger partial charge < -0.3 is 15.1 Å². The summed E-state index contributed by atoms with van der Waals surface area (Å²) in [4.78, 5) is 4.88. The van der Waals surface area contributed by atoms with Gasteiger partial charge in [0.15, 0.2) is 0 Å². The number of hydrogen-bond donors (Lipinski definition) is 1. The fraction of sp³-hybridized carbons (Fsp3) is 0.647. The van der Waals surface area contributed by atoms with Crippen LogP contribution in [0.5, 0.6) is 0 Å². The standard InChI is InChI=1S/C17H29N3/c1-15-8-5-6-9-16(15)18-12-13-20(4)14-17(19(2)3)10-7-11-17/h5-6,8-9,18H,7,10-14H2,1-4H3. The molecule has 0 aliphatic heterocycles. The third kappa shape index (κ3) is 3.53. The third-order valence-electron chi connectivity index (χ3n) is 4.75. The number of nitrogens with one attached hydrogen (secondary N) is 1. The zero-order valence-electron chi connectivity index (χ0n) is 13.4. The van der Waals surface area contributed by atoms with E-state index in [1.807, 2.05) is 0 Å². The van der Waals surface area contributed by atoms with Gasteiger partial charge in [-0.3, -0.25) is 0 Å². The largest absolute Gasteiger partial charge is 0.384 e. The molecule has 112 valence electrons. The summed E-state index contributed by atoms with van der Waals surface area (Å²) in [5, 5.41) is 3.54. The molecule has 0 aromatic heterocycles. The Morgan fingerprint density at radius 3 is 2.40 bits per heavy atom. The highest BCUT2D eigenvalue weighted by molar-refractivity contribution is 5.50. The van der Waals surface area contributed by atoms with Crippen molar-refractivity contribution in [1.29, 1.82) is 0 Å². The number of rotatable bonds is 7. The minimum Gasteiger partial charge on any atom is -0.384 e. The van der Waals surface area contributed by atoms with Crippen molar-refractivity contribution in [2.75, 3.05) is 46.1 Å². The van der Waals surface area contributed by atoms with E-state index < -0.39 is 0 Å². The van der Waals surface area contributed by atoms with Gasteiger partial charge in [0, 0.05) is 30.9 Å². The smallest absolute Gasteiger partial charge is 0.0370 e. The van der Waals surface area contributed by atoms with Gasteiger partial charge in [-0.1, -0.05) is 18.2 Å². The van der Waals surface area contributed by atoms with E-state index in [1.165, 1.54) is 37.1 Å². The molecule has 1 aliphatic carbocycles. The SMILES string of the molecule is Cc1ccccc1NCCN(C)CC1(N(C)C)CCC1. The third-order valence-corrected chi connectivity index (χ3v) is 4.75. The zero-order valence-corrected chi connectivity index (χ0v) is 13.4. The van der Waals surface area contributed by atoms with Crippen molar-refractivity contribution < 1.29 is 0 Å². The fourth-order valence-corrected chi connectivity index (χ4v) is 3.07. The van der Waals surface area contributed by atoms with Crippen molar-refractivity contribution in [3.8, 4) is 0 Å². The highest BCUT2D eigenvalue weighted by Crippen LogP contribution is 2.36. The molecule has 3 heteroatoms. The van der Waals surface area contributed by atoms with Gasteiger partial charge in [0.1, 0.15) is 0 Å². The first-order valence-corrected chi connectivity index (χ1v) is 7.69.